The highest BCUT2D eigenvalue weighted by Crippen LogP contribution is 2.35. The smallest absolute Gasteiger partial charge is 0.346 e. The van der Waals surface area contributed by atoms with E-state index in [0.717, 1.165) is 4.57 Å². The van der Waals surface area contributed by atoms with Crippen molar-refractivity contribution in [1.82, 2.24) is 9.88 Å². The van der Waals surface area contributed by atoms with Crippen LogP contribution in [0, 0.1) is 26.6 Å². The molecule has 1 aromatic heterocycles. The Hall–Kier alpha value is -2.77. The molecule has 5 nitrogen and oxygen atoms in total. The van der Waals surface area contributed by atoms with Crippen LogP contribution >= 0.6 is 0 Å². The highest BCUT2D eigenvalue weighted by molar-refractivity contribution is 6.06. The number of aromatic nitrogens is 1. The molecule has 0 aliphatic rings. The maximum Gasteiger partial charge on any atom is 0.364 e. The van der Waals surface area contributed by atoms with Gasteiger partial charge in [0.05, 0.1) is 5.56 Å². The summed E-state index contributed by atoms with van der Waals surface area (Å²) in [5, 5.41) is 4.89. The van der Waals surface area contributed by atoms with Crippen LogP contribution in [0.2, 0.25) is 0 Å². The molecule has 0 fully saturated rings. The van der Waals surface area contributed by atoms with E-state index in [1.165, 1.54) is 39.1 Å². The van der Waals surface area contributed by atoms with Crippen LogP contribution in [0.5, 0.6) is 0 Å². The van der Waals surface area contributed by atoms with Crippen molar-refractivity contribution in [2.75, 3.05) is 5.32 Å². The lowest BCUT2D eigenvalue weighted by Crippen LogP contribution is -2.48. The van der Waals surface area contributed by atoms with E-state index in [4.69, 9.17) is 0 Å². The van der Waals surface area contributed by atoms with E-state index in [0.29, 0.717) is 11.3 Å². The van der Waals surface area contributed by atoms with Gasteiger partial charge in [0.15, 0.2) is 0 Å². The lowest BCUT2D eigenvalue weighted by atomic mass is 10.0. The number of nitrogens with zero attached hydrogens (tertiary/aromatic N) is 1. The van der Waals surface area contributed by atoms with E-state index in [1.807, 2.05) is 0 Å². The van der Waals surface area contributed by atoms with Crippen LogP contribution in [0.3, 0.4) is 0 Å². The van der Waals surface area contributed by atoms with Crippen LogP contribution in [0.25, 0.3) is 0 Å². The monoisotopic (exact) mass is 409 g/mol. The fourth-order valence-electron chi connectivity index (χ4n) is 3.20. The lowest BCUT2D eigenvalue weighted by Gasteiger charge is -2.25. The van der Waals surface area contributed by atoms with Crippen molar-refractivity contribution in [2.45, 2.75) is 53.0 Å². The number of anilines is 1. The molecule has 29 heavy (non-hydrogen) atoms. The van der Waals surface area contributed by atoms with Crippen LogP contribution < -0.4 is 10.6 Å². The van der Waals surface area contributed by atoms with Gasteiger partial charge in [-0.1, -0.05) is 0 Å². The molecule has 0 unspecified atom stereocenters. The molecule has 1 heterocycles. The number of halogens is 3. The maximum absolute atomic E-state index is 15.0. The Kier molecular flexibility index (Phi) is 5.88. The second-order valence-electron chi connectivity index (χ2n) is 8.19. The van der Waals surface area contributed by atoms with Crippen molar-refractivity contribution in [1.29, 1.82) is 0 Å². The average Bonchev–Trinajstić information content (AvgIpc) is 2.79. The van der Waals surface area contributed by atoms with Gasteiger partial charge >= 0.3 is 5.92 Å². The first-order valence-electron chi connectivity index (χ1n) is 9.11. The van der Waals surface area contributed by atoms with Gasteiger partial charge in [0.25, 0.3) is 11.8 Å². The van der Waals surface area contributed by atoms with E-state index in [2.05, 4.69) is 10.6 Å². The normalized spacial score (nSPS) is 12.1. The van der Waals surface area contributed by atoms with E-state index < -0.39 is 34.8 Å². The second-order valence-corrected chi connectivity index (χ2v) is 8.19. The third-order valence-electron chi connectivity index (χ3n) is 4.64. The minimum atomic E-state index is -3.83. The Morgan fingerprint density at radius 2 is 1.66 bits per heavy atom. The van der Waals surface area contributed by atoms with Crippen LogP contribution in [0.4, 0.5) is 18.9 Å². The van der Waals surface area contributed by atoms with Crippen LogP contribution in [0.1, 0.15) is 53.6 Å². The lowest BCUT2D eigenvalue weighted by molar-refractivity contribution is -0.149. The first-order chi connectivity index (χ1) is 13.2. The SMILES string of the molecule is Cc1cc(NC(=O)c2c(C)c(C(F)(F)C(=O)NC(C)(C)C)n(C)c2C)ccc1F. The molecule has 2 N–H and O–H groups in total. The summed E-state index contributed by atoms with van der Waals surface area (Å²) in [5.41, 5.74) is -0.349. The number of aryl methyl sites for hydroxylation is 1. The topological polar surface area (TPSA) is 63.1 Å². The zero-order valence-corrected chi connectivity index (χ0v) is 17.6. The van der Waals surface area contributed by atoms with Crippen LogP contribution in [0.15, 0.2) is 18.2 Å². The molecule has 0 bridgehead atoms. The highest BCUT2D eigenvalue weighted by atomic mass is 19.3. The van der Waals surface area contributed by atoms with E-state index in [-0.39, 0.29) is 16.8 Å². The quantitative estimate of drug-likeness (QED) is 0.789. The van der Waals surface area contributed by atoms with Gasteiger partial charge in [-0.25, -0.2) is 4.39 Å². The van der Waals surface area contributed by atoms with Crippen LogP contribution in [-0.2, 0) is 17.8 Å². The fraction of sp³-hybridized carbons (Fsp3) is 0.429. The van der Waals surface area contributed by atoms with E-state index in [1.54, 1.807) is 27.7 Å². The van der Waals surface area contributed by atoms with Gasteiger partial charge in [-0.15, -0.1) is 0 Å². The number of rotatable bonds is 4. The largest absolute Gasteiger partial charge is 0.364 e. The third kappa shape index (κ3) is 4.46. The van der Waals surface area contributed by atoms with Crippen molar-refractivity contribution >= 4 is 17.5 Å². The molecule has 2 aromatic rings. The standard InChI is InChI=1S/C21H26F3N3O2/c1-11-10-14(8-9-15(11)22)25-18(28)16-12(2)17(27(7)13(16)3)21(23,24)19(29)26-20(4,5)6/h8-10H,1-7H3,(H,25,28)(H,26,29). The molecule has 158 valence electrons. The van der Waals surface area contributed by atoms with E-state index >= 15 is 0 Å². The minimum absolute atomic E-state index is 0.00962. The maximum atomic E-state index is 15.0. The molecular formula is C21H26F3N3O2. The number of carbonyl (C=O) groups excluding carboxylic acids is 2. The van der Waals surface area contributed by atoms with Gasteiger partial charge in [-0.3, -0.25) is 9.59 Å². The predicted molar refractivity (Wildman–Crippen MR) is 106 cm³/mol. The molecule has 0 aliphatic carbocycles. The minimum Gasteiger partial charge on any atom is -0.346 e. The number of benzene rings is 1. The van der Waals surface area contributed by atoms with Gasteiger partial charge in [0, 0.05) is 24.0 Å². The number of hydrogen-bond donors (Lipinski definition) is 2. The van der Waals surface area contributed by atoms with Gasteiger partial charge in [0.2, 0.25) is 0 Å². The summed E-state index contributed by atoms with van der Waals surface area (Å²) in [7, 11) is 1.38. The molecule has 2 amide bonds. The van der Waals surface area contributed by atoms with Gasteiger partial charge in [0.1, 0.15) is 11.5 Å². The Bertz CT molecular complexity index is 973. The molecule has 0 atom stereocenters. The van der Waals surface area contributed by atoms with Crippen LogP contribution in [-0.4, -0.2) is 21.9 Å². The summed E-state index contributed by atoms with van der Waals surface area (Å²) in [4.78, 5) is 25.0. The molecule has 2 rings (SSSR count). The van der Waals surface area contributed by atoms with E-state index in [9.17, 15) is 22.8 Å². The average molecular weight is 409 g/mol. The molecule has 1 aromatic carbocycles. The number of amides is 2. The Labute approximate surface area is 168 Å². The summed E-state index contributed by atoms with van der Waals surface area (Å²) in [6, 6.07) is 4.05. The number of carbonyl (C=O) groups is 2. The van der Waals surface area contributed by atoms with Crippen molar-refractivity contribution in [3.05, 3.63) is 52.1 Å². The van der Waals surface area contributed by atoms with Crippen molar-refractivity contribution in [3.8, 4) is 0 Å². The Morgan fingerprint density at radius 1 is 1.07 bits per heavy atom. The fourth-order valence-corrected chi connectivity index (χ4v) is 3.20. The summed E-state index contributed by atoms with van der Waals surface area (Å²) in [6.45, 7) is 9.27. The summed E-state index contributed by atoms with van der Waals surface area (Å²) >= 11 is 0. The second kappa shape index (κ2) is 7.57. The van der Waals surface area contributed by atoms with Crippen molar-refractivity contribution < 1.29 is 22.8 Å². The Morgan fingerprint density at radius 3 is 2.17 bits per heavy atom. The van der Waals surface area contributed by atoms with Gasteiger partial charge < -0.3 is 15.2 Å². The molecule has 0 aliphatic heterocycles. The zero-order chi connectivity index (χ0) is 22.3. The number of alkyl halides is 2. The molecular weight excluding hydrogens is 383 g/mol. The van der Waals surface area contributed by atoms with Crippen molar-refractivity contribution in [2.24, 2.45) is 7.05 Å². The summed E-state index contributed by atoms with van der Waals surface area (Å²) in [6.07, 6.45) is 0. The number of nitrogens with one attached hydrogen (secondary N) is 2. The van der Waals surface area contributed by atoms with Crippen molar-refractivity contribution in [3.63, 3.8) is 0 Å². The third-order valence-corrected chi connectivity index (χ3v) is 4.64. The molecule has 8 heteroatoms. The molecule has 0 radical (unpaired) electrons. The molecule has 0 spiro atoms. The first-order valence-corrected chi connectivity index (χ1v) is 9.11. The number of hydrogen-bond acceptors (Lipinski definition) is 2. The summed E-state index contributed by atoms with van der Waals surface area (Å²) < 4.78 is 44.5. The summed E-state index contributed by atoms with van der Waals surface area (Å²) in [5.74, 6) is -6.29. The highest BCUT2D eigenvalue weighted by Gasteiger charge is 2.47. The Balaban J connectivity index is 2.45. The molecule has 0 saturated heterocycles. The zero-order valence-electron chi connectivity index (χ0n) is 17.6. The molecule has 0 saturated carbocycles. The van der Waals surface area contributed by atoms with Gasteiger partial charge in [-0.05, 0) is 70.9 Å². The predicted octanol–water partition coefficient (Wildman–Crippen LogP) is 4.35. The first kappa shape index (κ1) is 22.5. The van der Waals surface area contributed by atoms with Gasteiger partial charge in [-0.2, -0.15) is 8.78 Å².